The highest BCUT2D eigenvalue weighted by atomic mass is 35.5. The molecule has 7 nitrogen and oxygen atoms in total. The summed E-state index contributed by atoms with van der Waals surface area (Å²) in [5.41, 5.74) is 2.56. The van der Waals surface area contributed by atoms with Gasteiger partial charge in [0, 0.05) is 35.1 Å². The number of rotatable bonds is 11. The molecule has 0 aromatic heterocycles. The lowest BCUT2D eigenvalue weighted by Gasteiger charge is -2.33. The van der Waals surface area contributed by atoms with E-state index in [0.717, 1.165) is 17.4 Å². The van der Waals surface area contributed by atoms with Crippen LogP contribution in [-0.2, 0) is 26.2 Å². The fourth-order valence-electron chi connectivity index (χ4n) is 4.18. The molecule has 38 heavy (non-hydrogen) atoms. The highest BCUT2D eigenvalue weighted by Crippen LogP contribution is 2.26. The van der Waals surface area contributed by atoms with Gasteiger partial charge in [-0.2, -0.15) is 0 Å². The van der Waals surface area contributed by atoms with Gasteiger partial charge in [0.25, 0.3) is 0 Å². The number of benzene rings is 2. The SMILES string of the molecule is CC[C@@H](C(=O)NC(C)(C)C)N(Cc1ccc(Cl)cc1Cl)C(=O)CCCN(c1cc(C)ccc1C)S(C)(=O)=O. The molecule has 2 aromatic rings. The van der Waals surface area contributed by atoms with Crippen LogP contribution >= 0.6 is 23.2 Å². The third-order valence-electron chi connectivity index (χ3n) is 6.03. The van der Waals surface area contributed by atoms with E-state index >= 15 is 0 Å². The van der Waals surface area contributed by atoms with E-state index in [4.69, 9.17) is 23.2 Å². The lowest BCUT2D eigenvalue weighted by atomic mass is 10.0. The fourth-order valence-corrected chi connectivity index (χ4v) is 5.66. The summed E-state index contributed by atoms with van der Waals surface area (Å²) in [6.45, 7) is 11.5. The molecule has 0 radical (unpaired) electrons. The Morgan fingerprint density at radius 2 is 1.71 bits per heavy atom. The Morgan fingerprint density at radius 3 is 2.26 bits per heavy atom. The second kappa shape index (κ2) is 13.2. The summed E-state index contributed by atoms with van der Waals surface area (Å²) in [4.78, 5) is 28.3. The molecule has 1 atom stereocenters. The van der Waals surface area contributed by atoms with Gasteiger partial charge in [0.2, 0.25) is 21.8 Å². The van der Waals surface area contributed by atoms with Crippen molar-refractivity contribution in [2.75, 3.05) is 17.1 Å². The van der Waals surface area contributed by atoms with Crippen LogP contribution < -0.4 is 9.62 Å². The zero-order valence-corrected chi connectivity index (χ0v) is 25.6. The summed E-state index contributed by atoms with van der Waals surface area (Å²) < 4.78 is 26.6. The third kappa shape index (κ3) is 9.17. The van der Waals surface area contributed by atoms with Crippen LogP contribution in [0.5, 0.6) is 0 Å². The lowest BCUT2D eigenvalue weighted by molar-refractivity contribution is -0.142. The predicted octanol–water partition coefficient (Wildman–Crippen LogP) is 5.88. The van der Waals surface area contributed by atoms with E-state index in [1.54, 1.807) is 18.2 Å². The number of anilines is 1. The van der Waals surface area contributed by atoms with Gasteiger partial charge in [-0.3, -0.25) is 13.9 Å². The summed E-state index contributed by atoms with van der Waals surface area (Å²) in [6.07, 6.45) is 1.90. The first-order valence-corrected chi connectivity index (χ1v) is 15.2. The molecule has 2 amide bonds. The molecule has 1 N–H and O–H groups in total. The first-order valence-electron chi connectivity index (χ1n) is 12.6. The third-order valence-corrected chi connectivity index (χ3v) is 7.79. The van der Waals surface area contributed by atoms with Crippen molar-refractivity contribution in [2.24, 2.45) is 0 Å². The van der Waals surface area contributed by atoms with Crippen LogP contribution in [0, 0.1) is 13.8 Å². The second-order valence-corrected chi connectivity index (χ2v) is 13.4. The number of hydrogen-bond donors (Lipinski definition) is 1. The molecule has 2 aromatic carbocycles. The van der Waals surface area contributed by atoms with Gasteiger partial charge in [0.15, 0.2) is 0 Å². The van der Waals surface area contributed by atoms with E-state index in [1.807, 2.05) is 59.7 Å². The maximum Gasteiger partial charge on any atom is 0.243 e. The zero-order valence-electron chi connectivity index (χ0n) is 23.3. The molecule has 0 saturated heterocycles. The van der Waals surface area contributed by atoms with Crippen LogP contribution in [0.1, 0.15) is 63.6 Å². The average Bonchev–Trinajstić information content (AvgIpc) is 2.77. The maximum absolute atomic E-state index is 13.6. The zero-order chi connectivity index (χ0) is 28.8. The Balaban J connectivity index is 2.31. The van der Waals surface area contributed by atoms with Crippen LogP contribution in [0.25, 0.3) is 0 Å². The highest BCUT2D eigenvalue weighted by Gasteiger charge is 2.31. The van der Waals surface area contributed by atoms with Crippen molar-refractivity contribution in [3.05, 3.63) is 63.1 Å². The van der Waals surface area contributed by atoms with Gasteiger partial charge in [0.1, 0.15) is 6.04 Å². The van der Waals surface area contributed by atoms with Crippen molar-refractivity contribution in [2.45, 2.75) is 78.9 Å². The summed E-state index contributed by atoms with van der Waals surface area (Å²) >= 11 is 12.5. The maximum atomic E-state index is 13.6. The standard InChI is InChI=1S/C28H39Cl2N3O4S/c1-8-24(27(35)31-28(4,5)6)32(18-21-13-14-22(29)17-23(21)30)26(34)10-9-15-33(38(7,36)37)25-16-19(2)11-12-20(25)3/h11-14,16-17,24H,8-10,15,18H2,1-7H3,(H,31,35)/t24-/m0/s1. The Hall–Kier alpha value is -2.29. The minimum Gasteiger partial charge on any atom is -0.350 e. The lowest BCUT2D eigenvalue weighted by Crippen LogP contribution is -2.53. The number of amides is 2. The normalized spacial score (nSPS) is 12.7. The molecular formula is C28H39Cl2N3O4S. The summed E-state index contributed by atoms with van der Waals surface area (Å²) in [6, 6.07) is 9.95. The smallest absolute Gasteiger partial charge is 0.243 e. The topological polar surface area (TPSA) is 86.8 Å². The largest absolute Gasteiger partial charge is 0.350 e. The molecule has 0 aliphatic carbocycles. The molecule has 210 valence electrons. The molecule has 0 fully saturated rings. The number of nitrogens with one attached hydrogen (secondary N) is 1. The number of nitrogens with zero attached hydrogens (tertiary/aromatic N) is 2. The average molecular weight is 585 g/mol. The second-order valence-electron chi connectivity index (χ2n) is 10.6. The van der Waals surface area contributed by atoms with Crippen molar-refractivity contribution >= 4 is 50.7 Å². The van der Waals surface area contributed by atoms with Crippen LogP contribution in [0.4, 0.5) is 5.69 Å². The number of aryl methyl sites for hydroxylation is 2. The van der Waals surface area contributed by atoms with Crippen molar-refractivity contribution in [1.29, 1.82) is 0 Å². The monoisotopic (exact) mass is 583 g/mol. The summed E-state index contributed by atoms with van der Waals surface area (Å²) in [7, 11) is -3.57. The highest BCUT2D eigenvalue weighted by molar-refractivity contribution is 7.92. The van der Waals surface area contributed by atoms with Gasteiger partial charge < -0.3 is 10.2 Å². The van der Waals surface area contributed by atoms with E-state index in [9.17, 15) is 18.0 Å². The molecule has 0 bridgehead atoms. The Labute approximate surface area is 237 Å². The van der Waals surface area contributed by atoms with Gasteiger partial charge in [-0.1, -0.05) is 48.3 Å². The molecule has 0 aliphatic heterocycles. The minimum atomic E-state index is -3.57. The molecule has 0 spiro atoms. The molecule has 2 rings (SSSR count). The quantitative estimate of drug-likeness (QED) is 0.358. The van der Waals surface area contributed by atoms with E-state index in [0.29, 0.717) is 27.7 Å². The van der Waals surface area contributed by atoms with E-state index < -0.39 is 21.6 Å². The van der Waals surface area contributed by atoms with Gasteiger partial charge >= 0.3 is 0 Å². The fraction of sp³-hybridized carbons (Fsp3) is 0.500. The first kappa shape index (κ1) is 31.9. The van der Waals surface area contributed by atoms with Crippen LogP contribution in [-0.4, -0.2) is 49.5 Å². The number of sulfonamides is 1. The Morgan fingerprint density at radius 1 is 1.05 bits per heavy atom. The van der Waals surface area contributed by atoms with Gasteiger partial charge in [-0.05, 0) is 82.3 Å². The van der Waals surface area contributed by atoms with Crippen molar-refractivity contribution in [1.82, 2.24) is 10.2 Å². The predicted molar refractivity (Wildman–Crippen MR) is 156 cm³/mol. The van der Waals surface area contributed by atoms with E-state index in [2.05, 4.69) is 5.32 Å². The van der Waals surface area contributed by atoms with E-state index in [1.165, 1.54) is 9.21 Å². The van der Waals surface area contributed by atoms with Crippen molar-refractivity contribution in [3.63, 3.8) is 0 Å². The number of carbonyl (C=O) groups is 2. The van der Waals surface area contributed by atoms with Crippen LogP contribution in [0.2, 0.25) is 10.0 Å². The number of halogens is 2. The Bertz CT molecular complexity index is 1260. The molecular weight excluding hydrogens is 545 g/mol. The van der Waals surface area contributed by atoms with E-state index in [-0.39, 0.29) is 37.7 Å². The molecule has 10 heteroatoms. The van der Waals surface area contributed by atoms with Gasteiger partial charge in [0.05, 0.1) is 11.9 Å². The van der Waals surface area contributed by atoms with Crippen LogP contribution in [0.15, 0.2) is 36.4 Å². The van der Waals surface area contributed by atoms with Gasteiger partial charge in [-0.15, -0.1) is 0 Å². The Kier molecular flexibility index (Phi) is 11.1. The van der Waals surface area contributed by atoms with Crippen molar-refractivity contribution < 1.29 is 18.0 Å². The number of carbonyl (C=O) groups excluding carboxylic acids is 2. The summed E-state index contributed by atoms with van der Waals surface area (Å²) in [5, 5.41) is 3.84. The first-order chi connectivity index (χ1) is 17.5. The number of hydrogen-bond acceptors (Lipinski definition) is 4. The minimum absolute atomic E-state index is 0.0569. The molecule has 0 unspecified atom stereocenters. The van der Waals surface area contributed by atoms with Crippen molar-refractivity contribution in [3.8, 4) is 0 Å². The summed E-state index contributed by atoms with van der Waals surface area (Å²) in [5.74, 6) is -0.520. The van der Waals surface area contributed by atoms with Gasteiger partial charge in [-0.25, -0.2) is 8.42 Å². The molecule has 0 saturated carbocycles. The molecule has 0 heterocycles. The molecule has 0 aliphatic rings. The van der Waals surface area contributed by atoms with Crippen LogP contribution in [0.3, 0.4) is 0 Å².